The smallest absolute Gasteiger partial charge is 0.255 e. The van der Waals surface area contributed by atoms with Gasteiger partial charge in [-0.15, -0.1) is 0 Å². The number of hydrogen-bond donors (Lipinski definition) is 0. The lowest BCUT2D eigenvalue weighted by Gasteiger charge is -2.33. The van der Waals surface area contributed by atoms with Gasteiger partial charge in [-0.05, 0) is 55.9 Å². The summed E-state index contributed by atoms with van der Waals surface area (Å²) in [6.45, 7) is 2.37. The molecule has 1 aromatic heterocycles. The van der Waals surface area contributed by atoms with Crippen LogP contribution >= 0.6 is 11.6 Å². The number of aromatic nitrogens is 2. The van der Waals surface area contributed by atoms with Crippen molar-refractivity contribution in [1.82, 2.24) is 14.7 Å². The van der Waals surface area contributed by atoms with Crippen molar-refractivity contribution < 1.29 is 9.53 Å². The number of carbonyl (C=O) groups is 1. The molecule has 0 unspecified atom stereocenters. The van der Waals surface area contributed by atoms with Crippen LogP contribution in [0.25, 0.3) is 5.69 Å². The highest BCUT2D eigenvalue weighted by Gasteiger charge is 2.25. The normalized spacial score (nSPS) is 17.7. The lowest BCUT2D eigenvalue weighted by atomic mass is 9.93. The highest BCUT2D eigenvalue weighted by atomic mass is 35.5. The summed E-state index contributed by atoms with van der Waals surface area (Å²) in [6, 6.07) is 7.32. The van der Waals surface area contributed by atoms with Gasteiger partial charge in [0.2, 0.25) is 0 Å². The zero-order chi connectivity index (χ0) is 17.6. The molecule has 0 radical (unpaired) electrons. The molecular weight excluding hydrogens is 338 g/mol. The summed E-state index contributed by atoms with van der Waals surface area (Å²) < 4.78 is 6.87. The number of benzene rings is 1. The molecule has 0 saturated carbocycles. The summed E-state index contributed by atoms with van der Waals surface area (Å²) in [5, 5.41) is 4.71. The van der Waals surface area contributed by atoms with Crippen molar-refractivity contribution in [2.24, 2.45) is 5.92 Å². The van der Waals surface area contributed by atoms with Gasteiger partial charge in [0.05, 0.1) is 16.3 Å². The Labute approximate surface area is 153 Å². The van der Waals surface area contributed by atoms with Gasteiger partial charge in [0.1, 0.15) is 0 Å². The first kappa shape index (κ1) is 18.0. The van der Waals surface area contributed by atoms with E-state index in [9.17, 15) is 4.79 Å². The van der Waals surface area contributed by atoms with Crippen molar-refractivity contribution in [3.05, 3.63) is 47.2 Å². The number of nitrogens with zero attached hydrogens (tertiary/aromatic N) is 3. The second kappa shape index (κ2) is 8.50. The standard InChI is InChI=1S/C19H24ClN3O2/c1-25-12-3-6-15-5-2-10-22(14-15)19(24)17-13-16(7-8-18(17)20)23-11-4-9-21-23/h4,7-9,11,13,15H,2-3,5-6,10,12,14H2,1H3/t15-/m0/s1. The summed E-state index contributed by atoms with van der Waals surface area (Å²) in [7, 11) is 1.73. The highest BCUT2D eigenvalue weighted by Crippen LogP contribution is 2.26. The van der Waals surface area contributed by atoms with Crippen molar-refractivity contribution >= 4 is 17.5 Å². The first-order valence-corrected chi connectivity index (χ1v) is 9.14. The van der Waals surface area contributed by atoms with Gasteiger partial charge in [-0.2, -0.15) is 5.10 Å². The molecule has 1 aliphatic rings. The third kappa shape index (κ3) is 4.41. The molecule has 1 fully saturated rings. The summed E-state index contributed by atoms with van der Waals surface area (Å²) in [5.41, 5.74) is 1.39. The molecule has 1 aliphatic heterocycles. The molecule has 1 amide bonds. The Bertz CT molecular complexity index is 703. The molecule has 5 nitrogen and oxygen atoms in total. The molecular formula is C19H24ClN3O2. The Morgan fingerprint density at radius 1 is 1.44 bits per heavy atom. The Morgan fingerprint density at radius 2 is 2.32 bits per heavy atom. The molecule has 6 heteroatoms. The maximum Gasteiger partial charge on any atom is 0.255 e. The monoisotopic (exact) mass is 361 g/mol. The first-order chi connectivity index (χ1) is 12.2. The number of methoxy groups -OCH3 is 1. The van der Waals surface area contributed by atoms with E-state index in [1.165, 1.54) is 6.42 Å². The number of carbonyl (C=O) groups excluding carboxylic acids is 1. The van der Waals surface area contributed by atoms with Crippen LogP contribution in [-0.2, 0) is 4.74 Å². The predicted molar refractivity (Wildman–Crippen MR) is 98.3 cm³/mol. The third-order valence-electron chi connectivity index (χ3n) is 4.72. The lowest BCUT2D eigenvalue weighted by molar-refractivity contribution is 0.0660. The van der Waals surface area contributed by atoms with E-state index < -0.39 is 0 Å². The Balaban J connectivity index is 1.72. The third-order valence-corrected chi connectivity index (χ3v) is 5.05. The fourth-order valence-corrected chi connectivity index (χ4v) is 3.61. The predicted octanol–water partition coefficient (Wildman–Crippen LogP) is 3.80. The van der Waals surface area contributed by atoms with E-state index in [-0.39, 0.29) is 5.91 Å². The number of likely N-dealkylation sites (tertiary alicyclic amines) is 1. The minimum Gasteiger partial charge on any atom is -0.385 e. The van der Waals surface area contributed by atoms with Gasteiger partial charge in [0, 0.05) is 39.2 Å². The van der Waals surface area contributed by atoms with Crippen molar-refractivity contribution in [1.29, 1.82) is 0 Å². The second-order valence-corrected chi connectivity index (χ2v) is 6.92. The van der Waals surface area contributed by atoms with Crippen LogP contribution in [0.15, 0.2) is 36.7 Å². The van der Waals surface area contributed by atoms with E-state index in [1.807, 2.05) is 29.3 Å². The Kier molecular flexibility index (Phi) is 6.10. The summed E-state index contributed by atoms with van der Waals surface area (Å²) >= 11 is 6.32. The fraction of sp³-hybridized carbons (Fsp3) is 0.474. The molecule has 1 saturated heterocycles. The largest absolute Gasteiger partial charge is 0.385 e. The maximum atomic E-state index is 13.0. The molecule has 0 N–H and O–H groups in total. The van der Waals surface area contributed by atoms with Gasteiger partial charge in [-0.25, -0.2) is 4.68 Å². The van der Waals surface area contributed by atoms with Gasteiger partial charge in [-0.1, -0.05) is 11.6 Å². The second-order valence-electron chi connectivity index (χ2n) is 6.51. The fourth-order valence-electron chi connectivity index (χ4n) is 3.41. The molecule has 2 aromatic rings. The van der Waals surface area contributed by atoms with Crippen LogP contribution in [0.1, 0.15) is 36.0 Å². The average molecular weight is 362 g/mol. The van der Waals surface area contributed by atoms with Gasteiger partial charge >= 0.3 is 0 Å². The summed E-state index contributed by atoms with van der Waals surface area (Å²) in [6.07, 6.45) is 7.92. The number of piperidine rings is 1. The van der Waals surface area contributed by atoms with Crippen LogP contribution in [0, 0.1) is 5.92 Å². The topological polar surface area (TPSA) is 47.4 Å². The van der Waals surface area contributed by atoms with E-state index in [2.05, 4.69) is 5.10 Å². The van der Waals surface area contributed by atoms with E-state index in [1.54, 1.807) is 24.1 Å². The molecule has 0 spiro atoms. The molecule has 0 aliphatic carbocycles. The van der Waals surface area contributed by atoms with Crippen LogP contribution < -0.4 is 0 Å². The molecule has 1 aromatic carbocycles. The van der Waals surface area contributed by atoms with E-state index in [0.717, 1.165) is 44.6 Å². The SMILES string of the molecule is COCCC[C@@H]1CCCN(C(=O)c2cc(-n3cccn3)ccc2Cl)C1. The van der Waals surface area contributed by atoms with Crippen molar-refractivity contribution in [2.45, 2.75) is 25.7 Å². The number of rotatable bonds is 6. The maximum absolute atomic E-state index is 13.0. The Hall–Kier alpha value is -1.85. The molecule has 2 heterocycles. The van der Waals surface area contributed by atoms with Crippen LogP contribution in [0.4, 0.5) is 0 Å². The Morgan fingerprint density at radius 3 is 3.08 bits per heavy atom. The van der Waals surface area contributed by atoms with Gasteiger partial charge in [0.25, 0.3) is 5.91 Å². The molecule has 25 heavy (non-hydrogen) atoms. The summed E-state index contributed by atoms with van der Waals surface area (Å²) in [5.74, 6) is 0.552. The summed E-state index contributed by atoms with van der Waals surface area (Å²) in [4.78, 5) is 14.9. The van der Waals surface area contributed by atoms with Crippen LogP contribution in [0.5, 0.6) is 0 Å². The van der Waals surface area contributed by atoms with Crippen molar-refractivity contribution in [3.63, 3.8) is 0 Å². The molecule has 134 valence electrons. The van der Waals surface area contributed by atoms with Gasteiger partial charge < -0.3 is 9.64 Å². The number of hydrogen-bond acceptors (Lipinski definition) is 3. The molecule has 3 rings (SSSR count). The zero-order valence-corrected chi connectivity index (χ0v) is 15.3. The van der Waals surface area contributed by atoms with Crippen molar-refractivity contribution in [3.8, 4) is 5.69 Å². The van der Waals surface area contributed by atoms with Crippen LogP contribution in [0.2, 0.25) is 5.02 Å². The number of halogens is 1. The minimum absolute atomic E-state index is 0.00967. The zero-order valence-electron chi connectivity index (χ0n) is 14.5. The van der Waals surface area contributed by atoms with Crippen molar-refractivity contribution in [2.75, 3.05) is 26.8 Å². The van der Waals surface area contributed by atoms with Gasteiger partial charge in [0.15, 0.2) is 0 Å². The first-order valence-electron chi connectivity index (χ1n) is 8.77. The molecule has 0 bridgehead atoms. The quantitative estimate of drug-likeness (QED) is 0.735. The van der Waals surface area contributed by atoms with E-state index in [4.69, 9.17) is 16.3 Å². The van der Waals surface area contributed by atoms with Crippen LogP contribution in [-0.4, -0.2) is 47.4 Å². The highest BCUT2D eigenvalue weighted by molar-refractivity contribution is 6.33. The van der Waals surface area contributed by atoms with Crippen LogP contribution in [0.3, 0.4) is 0 Å². The van der Waals surface area contributed by atoms with E-state index >= 15 is 0 Å². The minimum atomic E-state index is 0.00967. The molecule has 1 atom stereocenters. The number of amides is 1. The lowest BCUT2D eigenvalue weighted by Crippen LogP contribution is -2.40. The van der Waals surface area contributed by atoms with Gasteiger partial charge in [-0.3, -0.25) is 4.79 Å². The van der Waals surface area contributed by atoms with E-state index in [0.29, 0.717) is 16.5 Å². The average Bonchev–Trinajstić information content (AvgIpc) is 3.17. The number of ether oxygens (including phenoxy) is 1.